The number of nitrogens with zero attached hydrogens (tertiary/aromatic N) is 2. The molecule has 0 saturated carbocycles. The summed E-state index contributed by atoms with van der Waals surface area (Å²) in [4.78, 5) is 22.2. The maximum Gasteiger partial charge on any atom is 0.414 e. The van der Waals surface area contributed by atoms with Crippen molar-refractivity contribution in [2.24, 2.45) is 0 Å². The van der Waals surface area contributed by atoms with Gasteiger partial charge in [0.2, 0.25) is 10.7 Å². The standard InChI is InChI=1S/C10H16N4O2S/c1-5-6-11-7(13-8(17)12-6)14-9(15)16-10(2,3)4/h5H2,1-4H3,(H2,11,12,13,14,15,17). The van der Waals surface area contributed by atoms with Crippen molar-refractivity contribution in [3.05, 3.63) is 10.6 Å². The summed E-state index contributed by atoms with van der Waals surface area (Å²) in [6.45, 7) is 7.27. The molecule has 17 heavy (non-hydrogen) atoms. The zero-order valence-corrected chi connectivity index (χ0v) is 11.1. The third-order valence-corrected chi connectivity index (χ3v) is 1.84. The van der Waals surface area contributed by atoms with Gasteiger partial charge in [0.25, 0.3) is 0 Å². The third kappa shape index (κ3) is 4.90. The number of hydrogen-bond acceptors (Lipinski definition) is 5. The van der Waals surface area contributed by atoms with E-state index in [1.807, 2.05) is 6.92 Å². The Balaban J connectivity index is 2.78. The molecule has 0 aliphatic carbocycles. The highest BCUT2D eigenvalue weighted by Gasteiger charge is 2.16. The predicted octanol–water partition coefficient (Wildman–Crippen LogP) is 2.44. The molecule has 0 saturated heterocycles. The van der Waals surface area contributed by atoms with E-state index in [-0.39, 0.29) is 10.7 Å². The number of aryl methyl sites for hydroxylation is 1. The van der Waals surface area contributed by atoms with Gasteiger partial charge >= 0.3 is 6.09 Å². The fraction of sp³-hybridized carbons (Fsp3) is 0.600. The van der Waals surface area contributed by atoms with Gasteiger partial charge in [0, 0.05) is 6.42 Å². The second-order valence-corrected chi connectivity index (χ2v) is 4.77. The van der Waals surface area contributed by atoms with Crippen molar-refractivity contribution in [1.82, 2.24) is 15.0 Å². The Morgan fingerprint density at radius 1 is 1.47 bits per heavy atom. The first kappa shape index (κ1) is 13.6. The van der Waals surface area contributed by atoms with E-state index in [2.05, 4.69) is 20.3 Å². The summed E-state index contributed by atoms with van der Waals surface area (Å²) in [6.07, 6.45) is 0.0960. The fourth-order valence-electron chi connectivity index (χ4n) is 1.06. The van der Waals surface area contributed by atoms with Gasteiger partial charge in [-0.25, -0.2) is 9.78 Å². The lowest BCUT2D eigenvalue weighted by Gasteiger charge is -2.19. The number of nitrogens with one attached hydrogen (secondary N) is 2. The summed E-state index contributed by atoms with van der Waals surface area (Å²) in [6, 6.07) is 0. The molecular formula is C10H16N4O2S. The number of hydrogen-bond donors (Lipinski definition) is 2. The van der Waals surface area contributed by atoms with Crippen LogP contribution in [0.1, 0.15) is 33.5 Å². The van der Waals surface area contributed by atoms with Crippen LogP contribution in [0.5, 0.6) is 0 Å². The zero-order valence-electron chi connectivity index (χ0n) is 10.3. The van der Waals surface area contributed by atoms with Crippen molar-refractivity contribution >= 4 is 24.3 Å². The van der Waals surface area contributed by atoms with E-state index in [1.54, 1.807) is 20.8 Å². The summed E-state index contributed by atoms with van der Waals surface area (Å²) >= 11 is 4.88. The number of H-pyrrole nitrogens is 1. The Morgan fingerprint density at radius 2 is 2.12 bits per heavy atom. The van der Waals surface area contributed by atoms with Crippen molar-refractivity contribution in [3.8, 4) is 0 Å². The van der Waals surface area contributed by atoms with Gasteiger partial charge in [-0.05, 0) is 33.0 Å². The first-order chi connectivity index (χ1) is 7.80. The molecule has 0 fully saturated rings. The Labute approximate surface area is 105 Å². The molecule has 1 amide bonds. The summed E-state index contributed by atoms with van der Waals surface area (Å²) in [5, 5.41) is 2.48. The van der Waals surface area contributed by atoms with Crippen LogP contribution in [-0.4, -0.2) is 26.6 Å². The number of carbonyl (C=O) groups excluding carboxylic acids is 1. The molecule has 1 heterocycles. The van der Waals surface area contributed by atoms with Gasteiger partial charge in [0.1, 0.15) is 11.4 Å². The molecule has 0 unspecified atom stereocenters. The number of carbonyl (C=O) groups is 1. The van der Waals surface area contributed by atoms with Crippen molar-refractivity contribution < 1.29 is 9.53 Å². The molecule has 2 N–H and O–H groups in total. The highest BCUT2D eigenvalue weighted by molar-refractivity contribution is 7.71. The zero-order chi connectivity index (χ0) is 13.1. The van der Waals surface area contributed by atoms with Crippen molar-refractivity contribution in [1.29, 1.82) is 0 Å². The van der Waals surface area contributed by atoms with Gasteiger partial charge in [-0.1, -0.05) is 6.92 Å². The van der Waals surface area contributed by atoms with Crippen LogP contribution >= 0.6 is 12.2 Å². The molecule has 0 aliphatic rings. The SMILES string of the molecule is CCc1nc(=S)nc(NC(=O)OC(C)(C)C)[nH]1. The van der Waals surface area contributed by atoms with E-state index >= 15 is 0 Å². The molecule has 0 aromatic carbocycles. The number of aromatic nitrogens is 3. The number of aromatic amines is 1. The number of anilines is 1. The first-order valence-corrected chi connectivity index (χ1v) is 5.68. The lowest BCUT2D eigenvalue weighted by atomic mass is 10.2. The normalized spacial score (nSPS) is 11.1. The lowest BCUT2D eigenvalue weighted by molar-refractivity contribution is 0.0634. The number of ether oxygens (including phenoxy) is 1. The quantitative estimate of drug-likeness (QED) is 0.794. The fourth-order valence-corrected chi connectivity index (χ4v) is 1.26. The average molecular weight is 256 g/mol. The van der Waals surface area contributed by atoms with E-state index in [1.165, 1.54) is 0 Å². The van der Waals surface area contributed by atoms with Crippen LogP contribution in [-0.2, 0) is 11.2 Å². The largest absolute Gasteiger partial charge is 0.444 e. The molecule has 6 nitrogen and oxygen atoms in total. The number of amides is 1. The minimum Gasteiger partial charge on any atom is -0.444 e. The monoisotopic (exact) mass is 256 g/mol. The highest BCUT2D eigenvalue weighted by Crippen LogP contribution is 2.08. The van der Waals surface area contributed by atoms with Crippen LogP contribution in [0.2, 0.25) is 0 Å². The van der Waals surface area contributed by atoms with Gasteiger partial charge in [0.15, 0.2) is 0 Å². The minimum atomic E-state index is -0.580. The summed E-state index contributed by atoms with van der Waals surface area (Å²) in [5.74, 6) is 0.909. The van der Waals surface area contributed by atoms with Gasteiger partial charge in [-0.15, -0.1) is 0 Å². The second kappa shape index (κ2) is 5.22. The van der Waals surface area contributed by atoms with Gasteiger partial charge in [-0.3, -0.25) is 5.32 Å². The van der Waals surface area contributed by atoms with Crippen LogP contribution in [0.3, 0.4) is 0 Å². The van der Waals surface area contributed by atoms with Gasteiger partial charge in [0.05, 0.1) is 0 Å². The van der Waals surface area contributed by atoms with Crippen LogP contribution in [0.15, 0.2) is 0 Å². The molecule has 7 heteroatoms. The van der Waals surface area contributed by atoms with Crippen LogP contribution in [0.25, 0.3) is 0 Å². The first-order valence-electron chi connectivity index (χ1n) is 5.27. The summed E-state index contributed by atoms with van der Waals surface area (Å²) in [7, 11) is 0. The topological polar surface area (TPSA) is 79.9 Å². The van der Waals surface area contributed by atoms with Crippen molar-refractivity contribution in [2.75, 3.05) is 5.32 Å². The Bertz CT molecular complexity index is 464. The van der Waals surface area contributed by atoms with Crippen LogP contribution in [0.4, 0.5) is 10.7 Å². The van der Waals surface area contributed by atoms with E-state index in [9.17, 15) is 4.79 Å². The van der Waals surface area contributed by atoms with E-state index in [4.69, 9.17) is 17.0 Å². The second-order valence-electron chi connectivity index (χ2n) is 4.41. The molecule has 1 aromatic rings. The minimum absolute atomic E-state index is 0.187. The van der Waals surface area contributed by atoms with Crippen molar-refractivity contribution in [2.45, 2.75) is 39.7 Å². The van der Waals surface area contributed by atoms with Gasteiger partial charge < -0.3 is 9.72 Å². The van der Waals surface area contributed by atoms with Crippen LogP contribution < -0.4 is 5.32 Å². The summed E-state index contributed by atoms with van der Waals surface area (Å²) < 4.78 is 5.28. The lowest BCUT2D eigenvalue weighted by Crippen LogP contribution is -2.28. The summed E-state index contributed by atoms with van der Waals surface area (Å²) in [5.41, 5.74) is -0.554. The Kier molecular flexibility index (Phi) is 4.17. The van der Waals surface area contributed by atoms with Gasteiger partial charge in [-0.2, -0.15) is 4.98 Å². The maximum absolute atomic E-state index is 11.5. The molecule has 0 aliphatic heterocycles. The Morgan fingerprint density at radius 3 is 2.65 bits per heavy atom. The van der Waals surface area contributed by atoms with E-state index < -0.39 is 11.7 Å². The molecule has 94 valence electrons. The molecule has 1 rings (SSSR count). The molecule has 0 bridgehead atoms. The molecule has 0 spiro atoms. The van der Waals surface area contributed by atoms with Crippen LogP contribution in [0, 0.1) is 4.77 Å². The Hall–Kier alpha value is -1.50. The molecule has 0 radical (unpaired) electrons. The highest BCUT2D eigenvalue weighted by atomic mass is 32.1. The molecular weight excluding hydrogens is 240 g/mol. The maximum atomic E-state index is 11.5. The third-order valence-electron chi connectivity index (χ3n) is 1.65. The number of rotatable bonds is 2. The predicted molar refractivity (Wildman–Crippen MR) is 66.5 cm³/mol. The molecule has 1 aromatic heterocycles. The average Bonchev–Trinajstić information content (AvgIpc) is 2.13. The smallest absolute Gasteiger partial charge is 0.414 e. The van der Waals surface area contributed by atoms with E-state index in [0.717, 1.165) is 0 Å². The van der Waals surface area contributed by atoms with E-state index in [0.29, 0.717) is 12.2 Å². The van der Waals surface area contributed by atoms with Crippen molar-refractivity contribution in [3.63, 3.8) is 0 Å². The molecule has 0 atom stereocenters.